The van der Waals surface area contributed by atoms with Crippen molar-refractivity contribution in [3.63, 3.8) is 0 Å². The SMILES string of the molecule is Cc1nn2cccnc2c1C(=O)Nc1ccc(S(=O)(=O)N2CCC(C)CC2)cc1. The number of aromatic nitrogens is 3. The fourth-order valence-electron chi connectivity index (χ4n) is 3.54. The minimum atomic E-state index is -3.51. The number of piperidine rings is 1. The van der Waals surface area contributed by atoms with Crippen molar-refractivity contribution in [2.75, 3.05) is 18.4 Å². The number of nitrogens with one attached hydrogen (secondary N) is 1. The standard InChI is InChI=1S/C20H23N5O3S/c1-14-8-12-24(13-9-14)29(27,28)17-6-4-16(5-7-17)22-20(26)18-15(2)23-25-11-3-10-21-19(18)25/h3-7,10-11,14H,8-9,12-13H2,1-2H3,(H,22,26). The lowest BCUT2D eigenvalue weighted by molar-refractivity contribution is 0.102. The van der Waals surface area contributed by atoms with Gasteiger partial charge in [-0.05, 0) is 56.0 Å². The van der Waals surface area contributed by atoms with Crippen LogP contribution in [0, 0.1) is 12.8 Å². The Morgan fingerprint density at radius 2 is 1.86 bits per heavy atom. The second-order valence-corrected chi connectivity index (χ2v) is 9.35. The number of carbonyl (C=O) groups excluding carboxylic acids is 1. The topological polar surface area (TPSA) is 96.7 Å². The Kier molecular flexibility index (Phi) is 5.10. The van der Waals surface area contributed by atoms with E-state index in [1.807, 2.05) is 0 Å². The first-order valence-electron chi connectivity index (χ1n) is 9.58. The van der Waals surface area contributed by atoms with Gasteiger partial charge in [0.1, 0.15) is 5.56 Å². The summed E-state index contributed by atoms with van der Waals surface area (Å²) in [7, 11) is -3.51. The van der Waals surface area contributed by atoms with E-state index in [0.717, 1.165) is 12.8 Å². The maximum atomic E-state index is 12.8. The fourth-order valence-corrected chi connectivity index (χ4v) is 5.01. The van der Waals surface area contributed by atoms with Crippen molar-refractivity contribution in [2.45, 2.75) is 31.6 Å². The first-order valence-corrected chi connectivity index (χ1v) is 11.0. The molecule has 1 aliphatic rings. The molecule has 0 bridgehead atoms. The highest BCUT2D eigenvalue weighted by Gasteiger charge is 2.28. The largest absolute Gasteiger partial charge is 0.322 e. The van der Waals surface area contributed by atoms with Crippen LogP contribution >= 0.6 is 0 Å². The third-order valence-electron chi connectivity index (χ3n) is 5.29. The molecule has 4 rings (SSSR count). The predicted octanol–water partition coefficient (Wildman–Crippen LogP) is 2.71. The molecule has 0 aliphatic carbocycles. The van der Waals surface area contributed by atoms with E-state index in [-0.39, 0.29) is 10.8 Å². The molecule has 1 fully saturated rings. The molecule has 0 spiro atoms. The summed E-state index contributed by atoms with van der Waals surface area (Å²) >= 11 is 0. The van der Waals surface area contributed by atoms with Gasteiger partial charge in [-0.3, -0.25) is 4.79 Å². The normalized spacial score (nSPS) is 16.2. The van der Waals surface area contributed by atoms with Crippen molar-refractivity contribution in [3.8, 4) is 0 Å². The summed E-state index contributed by atoms with van der Waals surface area (Å²) in [6, 6.07) is 8.01. The molecule has 1 amide bonds. The number of amides is 1. The monoisotopic (exact) mass is 413 g/mol. The van der Waals surface area contributed by atoms with Crippen LogP contribution in [-0.4, -0.2) is 46.3 Å². The van der Waals surface area contributed by atoms with Gasteiger partial charge in [-0.1, -0.05) is 6.92 Å². The maximum absolute atomic E-state index is 12.8. The number of fused-ring (bicyclic) bond motifs is 1. The van der Waals surface area contributed by atoms with E-state index in [1.54, 1.807) is 42.0 Å². The summed E-state index contributed by atoms with van der Waals surface area (Å²) in [5.41, 5.74) is 1.95. The molecule has 152 valence electrons. The summed E-state index contributed by atoms with van der Waals surface area (Å²) in [6.07, 6.45) is 5.09. The number of aryl methyl sites for hydroxylation is 1. The molecule has 2 aromatic heterocycles. The molecule has 0 unspecified atom stereocenters. The minimum absolute atomic E-state index is 0.235. The summed E-state index contributed by atoms with van der Waals surface area (Å²) in [4.78, 5) is 17.2. The highest BCUT2D eigenvalue weighted by Crippen LogP contribution is 2.24. The van der Waals surface area contributed by atoms with Crippen LogP contribution in [0.4, 0.5) is 5.69 Å². The highest BCUT2D eigenvalue weighted by molar-refractivity contribution is 7.89. The third-order valence-corrected chi connectivity index (χ3v) is 7.20. The molecule has 1 aromatic carbocycles. The molecule has 9 heteroatoms. The van der Waals surface area contributed by atoms with Crippen LogP contribution < -0.4 is 5.32 Å². The smallest absolute Gasteiger partial charge is 0.261 e. The van der Waals surface area contributed by atoms with Crippen molar-refractivity contribution >= 4 is 27.3 Å². The Bertz CT molecular complexity index is 1150. The van der Waals surface area contributed by atoms with E-state index < -0.39 is 10.0 Å². The van der Waals surface area contributed by atoms with Gasteiger partial charge in [0.05, 0.1) is 10.6 Å². The molecule has 3 heterocycles. The second-order valence-electron chi connectivity index (χ2n) is 7.41. The molecule has 1 N–H and O–H groups in total. The zero-order valence-electron chi connectivity index (χ0n) is 16.4. The average Bonchev–Trinajstić information content (AvgIpc) is 3.04. The zero-order chi connectivity index (χ0) is 20.6. The molecule has 1 saturated heterocycles. The molecule has 0 radical (unpaired) electrons. The molecular weight excluding hydrogens is 390 g/mol. The molecule has 0 atom stereocenters. The van der Waals surface area contributed by atoms with Crippen LogP contribution in [0.1, 0.15) is 35.8 Å². The van der Waals surface area contributed by atoms with Crippen LogP contribution in [-0.2, 0) is 10.0 Å². The van der Waals surface area contributed by atoms with Gasteiger partial charge in [0.25, 0.3) is 5.91 Å². The molecule has 29 heavy (non-hydrogen) atoms. The van der Waals surface area contributed by atoms with Gasteiger partial charge < -0.3 is 5.32 Å². The number of benzene rings is 1. The van der Waals surface area contributed by atoms with E-state index in [0.29, 0.717) is 41.6 Å². The van der Waals surface area contributed by atoms with Crippen molar-refractivity contribution in [1.82, 2.24) is 18.9 Å². The molecule has 0 saturated carbocycles. The first kappa shape index (κ1) is 19.5. The van der Waals surface area contributed by atoms with Crippen molar-refractivity contribution in [1.29, 1.82) is 0 Å². The Hall–Kier alpha value is -2.78. The quantitative estimate of drug-likeness (QED) is 0.709. The molecule has 1 aliphatic heterocycles. The number of carbonyl (C=O) groups is 1. The third kappa shape index (κ3) is 3.75. The zero-order valence-corrected chi connectivity index (χ0v) is 17.2. The van der Waals surface area contributed by atoms with Gasteiger partial charge in [-0.2, -0.15) is 9.40 Å². The summed E-state index contributed by atoms with van der Waals surface area (Å²) in [5.74, 6) is 0.216. The van der Waals surface area contributed by atoms with Gasteiger partial charge in [-0.15, -0.1) is 0 Å². The molecule has 3 aromatic rings. The Morgan fingerprint density at radius 1 is 1.17 bits per heavy atom. The van der Waals surface area contributed by atoms with Crippen LogP contribution in [0.25, 0.3) is 5.65 Å². The van der Waals surface area contributed by atoms with E-state index in [2.05, 4.69) is 22.3 Å². The van der Waals surface area contributed by atoms with Crippen molar-refractivity contribution in [3.05, 3.63) is 54.0 Å². The molecule has 8 nitrogen and oxygen atoms in total. The lowest BCUT2D eigenvalue weighted by Crippen LogP contribution is -2.37. The van der Waals surface area contributed by atoms with Gasteiger partial charge in [0, 0.05) is 31.2 Å². The summed E-state index contributed by atoms with van der Waals surface area (Å²) in [5, 5.41) is 7.09. The van der Waals surface area contributed by atoms with Crippen LogP contribution in [0.3, 0.4) is 0 Å². The predicted molar refractivity (Wildman–Crippen MR) is 109 cm³/mol. The lowest BCUT2D eigenvalue weighted by atomic mass is 10.0. The van der Waals surface area contributed by atoms with E-state index in [9.17, 15) is 13.2 Å². The van der Waals surface area contributed by atoms with Crippen LogP contribution in [0.2, 0.25) is 0 Å². The number of rotatable bonds is 4. The Morgan fingerprint density at radius 3 is 2.55 bits per heavy atom. The van der Waals surface area contributed by atoms with Gasteiger partial charge >= 0.3 is 0 Å². The van der Waals surface area contributed by atoms with E-state index in [1.165, 1.54) is 16.4 Å². The fraction of sp³-hybridized carbons (Fsp3) is 0.350. The lowest BCUT2D eigenvalue weighted by Gasteiger charge is -2.29. The number of nitrogens with zero attached hydrogens (tertiary/aromatic N) is 4. The highest BCUT2D eigenvalue weighted by atomic mass is 32.2. The van der Waals surface area contributed by atoms with E-state index in [4.69, 9.17) is 0 Å². The maximum Gasteiger partial charge on any atom is 0.261 e. The van der Waals surface area contributed by atoms with Gasteiger partial charge in [0.15, 0.2) is 5.65 Å². The Labute approximate surface area is 169 Å². The number of hydrogen-bond acceptors (Lipinski definition) is 5. The van der Waals surface area contributed by atoms with Crippen molar-refractivity contribution in [2.24, 2.45) is 5.92 Å². The summed E-state index contributed by atoms with van der Waals surface area (Å²) in [6.45, 7) is 4.98. The van der Waals surface area contributed by atoms with Gasteiger partial charge in [-0.25, -0.2) is 17.9 Å². The first-order chi connectivity index (χ1) is 13.9. The minimum Gasteiger partial charge on any atom is -0.322 e. The second kappa shape index (κ2) is 7.57. The summed E-state index contributed by atoms with van der Waals surface area (Å²) < 4.78 is 28.7. The Balaban J connectivity index is 1.52. The van der Waals surface area contributed by atoms with Gasteiger partial charge in [0.2, 0.25) is 10.0 Å². The van der Waals surface area contributed by atoms with E-state index >= 15 is 0 Å². The average molecular weight is 414 g/mol. The van der Waals surface area contributed by atoms with Crippen LogP contribution in [0.5, 0.6) is 0 Å². The van der Waals surface area contributed by atoms with Crippen LogP contribution in [0.15, 0.2) is 47.6 Å². The molecular formula is C20H23N5O3S. The number of sulfonamides is 1. The number of hydrogen-bond donors (Lipinski definition) is 1. The number of anilines is 1. The van der Waals surface area contributed by atoms with Crippen molar-refractivity contribution < 1.29 is 13.2 Å².